The van der Waals surface area contributed by atoms with E-state index in [-0.39, 0.29) is 0 Å². The summed E-state index contributed by atoms with van der Waals surface area (Å²) in [5.41, 5.74) is 6.54. The van der Waals surface area contributed by atoms with Crippen LogP contribution in [-0.4, -0.2) is 43.9 Å². The number of carbonyl (C=O) groups is 1. The molecule has 5 aromatic rings. The Labute approximate surface area is 189 Å². The molecule has 4 heterocycles. The standard InChI is InChI=1S/C25H19N5O3/c1-16-20(17-5-6-22-23(13-17)33-12-11-32-22)3-2-4-21(16)18-7-9-29-24(14-18)26-27-25(29)30-10-8-19(15-31)28-30/h2-10,13-15H,11-12H2,1H3. The first kappa shape index (κ1) is 19.2. The van der Waals surface area contributed by atoms with Crippen LogP contribution < -0.4 is 9.47 Å². The molecule has 0 atom stereocenters. The van der Waals surface area contributed by atoms with Gasteiger partial charge >= 0.3 is 0 Å². The van der Waals surface area contributed by atoms with Crippen LogP contribution in [0.4, 0.5) is 0 Å². The van der Waals surface area contributed by atoms with Crippen LogP contribution in [0, 0.1) is 6.92 Å². The van der Waals surface area contributed by atoms with Crippen LogP contribution in [0.1, 0.15) is 16.1 Å². The van der Waals surface area contributed by atoms with Gasteiger partial charge in [-0.1, -0.05) is 24.3 Å². The second kappa shape index (κ2) is 7.59. The quantitative estimate of drug-likeness (QED) is 0.393. The Morgan fingerprint density at radius 1 is 0.879 bits per heavy atom. The van der Waals surface area contributed by atoms with Crippen LogP contribution in [0.3, 0.4) is 0 Å². The molecule has 0 saturated heterocycles. The summed E-state index contributed by atoms with van der Waals surface area (Å²) < 4.78 is 14.8. The number of rotatable bonds is 4. The molecule has 8 heteroatoms. The third-order valence-electron chi connectivity index (χ3n) is 5.83. The van der Waals surface area contributed by atoms with Gasteiger partial charge in [0.2, 0.25) is 0 Å². The van der Waals surface area contributed by atoms with Crippen LogP contribution in [0.25, 0.3) is 33.8 Å². The molecule has 162 valence electrons. The maximum absolute atomic E-state index is 11.0. The number of hydrogen-bond acceptors (Lipinski definition) is 6. The van der Waals surface area contributed by atoms with Gasteiger partial charge in [-0.2, -0.15) is 5.10 Å². The molecular weight excluding hydrogens is 418 g/mol. The largest absolute Gasteiger partial charge is 0.486 e. The highest BCUT2D eigenvalue weighted by Gasteiger charge is 2.16. The molecule has 0 unspecified atom stereocenters. The van der Waals surface area contributed by atoms with Crippen LogP contribution >= 0.6 is 0 Å². The van der Waals surface area contributed by atoms with Crippen molar-refractivity contribution in [3.05, 3.63) is 78.2 Å². The van der Waals surface area contributed by atoms with E-state index >= 15 is 0 Å². The molecule has 0 N–H and O–H groups in total. The first-order chi connectivity index (χ1) is 16.2. The topological polar surface area (TPSA) is 83.5 Å². The lowest BCUT2D eigenvalue weighted by Gasteiger charge is -2.19. The van der Waals surface area contributed by atoms with Gasteiger partial charge in [0.1, 0.15) is 18.9 Å². The summed E-state index contributed by atoms with van der Waals surface area (Å²) in [6, 6.07) is 18.0. The summed E-state index contributed by atoms with van der Waals surface area (Å²) >= 11 is 0. The fourth-order valence-electron chi connectivity index (χ4n) is 4.19. The van der Waals surface area contributed by atoms with Gasteiger partial charge in [-0.3, -0.25) is 9.20 Å². The van der Waals surface area contributed by atoms with Gasteiger partial charge in [0, 0.05) is 12.4 Å². The van der Waals surface area contributed by atoms with Crippen molar-refractivity contribution in [2.24, 2.45) is 0 Å². The number of carbonyl (C=O) groups excluding carboxylic acids is 1. The van der Waals surface area contributed by atoms with E-state index in [9.17, 15) is 4.79 Å². The first-order valence-electron chi connectivity index (χ1n) is 10.6. The van der Waals surface area contributed by atoms with E-state index in [0.29, 0.717) is 36.8 Å². The second-order valence-corrected chi connectivity index (χ2v) is 7.78. The van der Waals surface area contributed by atoms with Crippen LogP contribution in [0.15, 0.2) is 67.0 Å². The van der Waals surface area contributed by atoms with E-state index in [0.717, 1.165) is 39.3 Å². The second-order valence-electron chi connectivity index (χ2n) is 7.78. The summed E-state index contributed by atoms with van der Waals surface area (Å²) in [5.74, 6) is 2.08. The summed E-state index contributed by atoms with van der Waals surface area (Å²) in [6.07, 6.45) is 4.31. The number of benzene rings is 2. The van der Waals surface area contributed by atoms with E-state index < -0.39 is 0 Å². The molecule has 8 nitrogen and oxygen atoms in total. The first-order valence-corrected chi connectivity index (χ1v) is 10.6. The fourth-order valence-corrected chi connectivity index (χ4v) is 4.19. The summed E-state index contributed by atoms with van der Waals surface area (Å²) in [6.45, 7) is 3.25. The molecular formula is C25H19N5O3. The van der Waals surface area contributed by atoms with Crippen molar-refractivity contribution in [3.63, 3.8) is 0 Å². The maximum atomic E-state index is 11.0. The number of ether oxygens (including phenoxy) is 2. The number of fused-ring (bicyclic) bond motifs is 2. The van der Waals surface area contributed by atoms with E-state index in [4.69, 9.17) is 9.47 Å². The Hall–Kier alpha value is -4.46. The lowest BCUT2D eigenvalue weighted by atomic mass is 9.93. The average Bonchev–Trinajstić information content (AvgIpc) is 3.50. The zero-order valence-electron chi connectivity index (χ0n) is 17.8. The lowest BCUT2D eigenvalue weighted by Crippen LogP contribution is -2.15. The minimum Gasteiger partial charge on any atom is -0.486 e. The predicted octanol–water partition coefficient (Wildman–Crippen LogP) is 4.14. The molecule has 2 aromatic carbocycles. The molecule has 0 amide bonds. The van der Waals surface area contributed by atoms with Gasteiger partial charge in [0.25, 0.3) is 5.95 Å². The van der Waals surface area contributed by atoms with Gasteiger partial charge in [-0.15, -0.1) is 10.2 Å². The van der Waals surface area contributed by atoms with Crippen molar-refractivity contribution in [2.45, 2.75) is 6.92 Å². The van der Waals surface area contributed by atoms with Gasteiger partial charge in [0.15, 0.2) is 23.4 Å². The number of pyridine rings is 1. The highest BCUT2D eigenvalue weighted by atomic mass is 16.6. The molecule has 1 aliphatic heterocycles. The van der Waals surface area contributed by atoms with E-state index in [1.165, 1.54) is 4.68 Å². The highest BCUT2D eigenvalue weighted by Crippen LogP contribution is 2.37. The minimum absolute atomic E-state index is 0.343. The Bertz CT molecular complexity index is 1520. The van der Waals surface area contributed by atoms with Crippen molar-refractivity contribution in [1.29, 1.82) is 0 Å². The monoisotopic (exact) mass is 437 g/mol. The lowest BCUT2D eigenvalue weighted by molar-refractivity contribution is 0.111. The molecule has 0 bridgehead atoms. The molecule has 1 aliphatic rings. The molecule has 33 heavy (non-hydrogen) atoms. The highest BCUT2D eigenvalue weighted by molar-refractivity contribution is 5.80. The Kier molecular flexibility index (Phi) is 4.43. The zero-order valence-corrected chi connectivity index (χ0v) is 17.8. The number of nitrogens with zero attached hydrogens (tertiary/aromatic N) is 5. The van der Waals surface area contributed by atoms with Crippen LogP contribution in [0.5, 0.6) is 11.5 Å². The molecule has 6 rings (SSSR count). The van der Waals surface area contributed by atoms with E-state index in [1.54, 1.807) is 12.3 Å². The van der Waals surface area contributed by atoms with Crippen molar-refractivity contribution in [3.8, 4) is 39.7 Å². The third kappa shape index (κ3) is 3.23. The fraction of sp³-hybridized carbons (Fsp3) is 0.120. The molecule has 3 aromatic heterocycles. The smallest absolute Gasteiger partial charge is 0.256 e. The number of aromatic nitrogens is 5. The molecule has 0 spiro atoms. The normalized spacial score (nSPS) is 12.8. The van der Waals surface area contributed by atoms with Gasteiger partial charge in [0.05, 0.1) is 0 Å². The van der Waals surface area contributed by atoms with Crippen molar-refractivity contribution < 1.29 is 14.3 Å². The van der Waals surface area contributed by atoms with Gasteiger partial charge < -0.3 is 9.47 Å². The number of aldehydes is 1. The van der Waals surface area contributed by atoms with E-state index in [1.807, 2.05) is 34.9 Å². The van der Waals surface area contributed by atoms with Crippen molar-refractivity contribution >= 4 is 11.9 Å². The summed E-state index contributed by atoms with van der Waals surface area (Å²) in [4.78, 5) is 11.0. The zero-order chi connectivity index (χ0) is 22.4. The molecule has 0 saturated carbocycles. The van der Waals surface area contributed by atoms with E-state index in [2.05, 4.69) is 46.5 Å². The third-order valence-corrected chi connectivity index (χ3v) is 5.83. The SMILES string of the molecule is Cc1c(-c2ccc3c(c2)OCCO3)cccc1-c1ccn2c(-n3ccc(C=O)n3)nnc2c1. The molecule has 0 aliphatic carbocycles. The molecule has 0 radical (unpaired) electrons. The average molecular weight is 437 g/mol. The Morgan fingerprint density at radius 3 is 2.45 bits per heavy atom. The maximum Gasteiger partial charge on any atom is 0.256 e. The minimum atomic E-state index is 0.343. The van der Waals surface area contributed by atoms with Crippen LogP contribution in [-0.2, 0) is 0 Å². The van der Waals surface area contributed by atoms with Gasteiger partial charge in [-0.05, 0) is 65.1 Å². The summed E-state index contributed by atoms with van der Waals surface area (Å²) in [5, 5.41) is 12.8. The summed E-state index contributed by atoms with van der Waals surface area (Å²) in [7, 11) is 0. The Morgan fingerprint density at radius 2 is 1.67 bits per heavy atom. The Balaban J connectivity index is 1.40. The molecule has 0 fully saturated rings. The van der Waals surface area contributed by atoms with Crippen LogP contribution in [0.2, 0.25) is 0 Å². The van der Waals surface area contributed by atoms with Crippen molar-refractivity contribution in [2.75, 3.05) is 13.2 Å². The van der Waals surface area contributed by atoms with Gasteiger partial charge in [-0.25, -0.2) is 4.68 Å². The van der Waals surface area contributed by atoms with Crippen molar-refractivity contribution in [1.82, 2.24) is 24.4 Å². The number of hydrogen-bond donors (Lipinski definition) is 0. The predicted molar refractivity (Wildman–Crippen MR) is 122 cm³/mol.